The Labute approximate surface area is 167 Å². The van der Waals surface area contributed by atoms with Crippen LogP contribution < -0.4 is 9.47 Å². The lowest BCUT2D eigenvalue weighted by atomic mass is 10.1. The third-order valence-corrected chi connectivity index (χ3v) is 5.87. The number of thiophene rings is 1. The van der Waals surface area contributed by atoms with E-state index in [1.165, 1.54) is 12.8 Å². The van der Waals surface area contributed by atoms with Gasteiger partial charge in [0, 0.05) is 18.2 Å². The summed E-state index contributed by atoms with van der Waals surface area (Å²) in [4.78, 5) is 8.01. The van der Waals surface area contributed by atoms with Gasteiger partial charge in [-0.3, -0.25) is 10.00 Å². The third-order valence-electron chi connectivity index (χ3n) is 4.68. The molecular formula is C19H22N4O2S2. The molecule has 1 saturated carbocycles. The Morgan fingerprint density at radius 1 is 1.30 bits per heavy atom. The van der Waals surface area contributed by atoms with E-state index in [9.17, 15) is 0 Å². The van der Waals surface area contributed by atoms with Gasteiger partial charge in [0.05, 0.1) is 25.8 Å². The van der Waals surface area contributed by atoms with Crippen molar-refractivity contribution >= 4 is 23.6 Å². The van der Waals surface area contributed by atoms with Gasteiger partial charge in [-0.1, -0.05) is 6.07 Å². The molecule has 3 aromatic rings. The molecule has 0 aliphatic heterocycles. The summed E-state index contributed by atoms with van der Waals surface area (Å²) in [5.41, 5.74) is 1.10. The number of H-pyrrole nitrogens is 1. The number of nitrogens with one attached hydrogen (secondary N) is 1. The van der Waals surface area contributed by atoms with E-state index in [-0.39, 0.29) is 0 Å². The summed E-state index contributed by atoms with van der Waals surface area (Å²) >= 11 is 7.13. The molecule has 1 fully saturated rings. The fraction of sp³-hybridized carbons (Fsp3) is 0.368. The van der Waals surface area contributed by atoms with Crippen LogP contribution in [0.4, 0.5) is 0 Å². The first-order chi connectivity index (χ1) is 13.2. The molecule has 0 spiro atoms. The fourth-order valence-corrected chi connectivity index (χ4v) is 3.97. The molecule has 0 radical (unpaired) electrons. The van der Waals surface area contributed by atoms with Crippen LogP contribution in [0, 0.1) is 4.77 Å². The highest BCUT2D eigenvalue weighted by Gasteiger charge is 2.30. The summed E-state index contributed by atoms with van der Waals surface area (Å²) in [5, 5.41) is 5.39. The van der Waals surface area contributed by atoms with E-state index < -0.39 is 0 Å². The zero-order chi connectivity index (χ0) is 18.8. The largest absolute Gasteiger partial charge is 0.497 e. The summed E-state index contributed by atoms with van der Waals surface area (Å²) in [7, 11) is 3.38. The second kappa shape index (κ2) is 7.84. The number of nitrogens with zero attached hydrogens (tertiary/aromatic N) is 3. The Kier molecular flexibility index (Phi) is 5.29. The van der Waals surface area contributed by atoms with Gasteiger partial charge in [-0.25, -0.2) is 4.68 Å². The normalized spacial score (nSPS) is 13.9. The zero-order valence-electron chi connectivity index (χ0n) is 15.3. The summed E-state index contributed by atoms with van der Waals surface area (Å²) in [5.74, 6) is 2.53. The molecule has 0 saturated heterocycles. The molecule has 2 aromatic heterocycles. The second-order valence-corrected chi connectivity index (χ2v) is 7.87. The highest BCUT2D eigenvalue weighted by atomic mass is 32.1. The van der Waals surface area contributed by atoms with E-state index in [0.29, 0.717) is 17.5 Å². The lowest BCUT2D eigenvalue weighted by Gasteiger charge is -2.23. The van der Waals surface area contributed by atoms with E-state index >= 15 is 0 Å². The smallest absolute Gasteiger partial charge is 0.217 e. The minimum absolute atomic E-state index is 0.552. The minimum atomic E-state index is 0.552. The SMILES string of the molecule is COc1ccc(OC)c(CN(Cn2[nH]c(-c3cccs3)nc2=S)C2CC2)c1. The van der Waals surface area contributed by atoms with Gasteiger partial charge in [-0.05, 0) is 54.7 Å². The number of rotatable bonds is 8. The maximum atomic E-state index is 5.54. The van der Waals surface area contributed by atoms with E-state index in [1.54, 1.807) is 25.6 Å². The summed E-state index contributed by atoms with van der Waals surface area (Å²) in [6, 6.07) is 10.5. The monoisotopic (exact) mass is 402 g/mol. The molecule has 1 aliphatic carbocycles. The maximum Gasteiger partial charge on any atom is 0.217 e. The molecule has 1 aromatic carbocycles. The maximum absolute atomic E-state index is 5.54. The Hall–Kier alpha value is -2.16. The van der Waals surface area contributed by atoms with Crippen LogP contribution in [0.1, 0.15) is 18.4 Å². The van der Waals surface area contributed by atoms with Gasteiger partial charge in [0.15, 0.2) is 5.82 Å². The van der Waals surface area contributed by atoms with Gasteiger partial charge >= 0.3 is 0 Å². The van der Waals surface area contributed by atoms with Crippen LogP contribution in [0.2, 0.25) is 0 Å². The Bertz CT molecular complexity index is 961. The van der Waals surface area contributed by atoms with Gasteiger partial charge in [0.2, 0.25) is 4.77 Å². The van der Waals surface area contributed by atoms with Crippen molar-refractivity contribution in [2.24, 2.45) is 0 Å². The van der Waals surface area contributed by atoms with Crippen LogP contribution in [-0.4, -0.2) is 39.9 Å². The standard InChI is InChI=1S/C19H22N4O2S2/c1-24-15-7-8-16(25-2)13(10-15)11-22(14-5-6-14)12-23-19(26)20-18(21-23)17-4-3-9-27-17/h3-4,7-10,14H,5-6,11-12H2,1-2H3,(H,20,21,26). The highest BCUT2D eigenvalue weighted by Crippen LogP contribution is 2.32. The molecule has 0 atom stereocenters. The van der Waals surface area contributed by atoms with Crippen LogP contribution in [0.15, 0.2) is 35.7 Å². The average Bonchev–Trinajstić information content (AvgIpc) is 3.26. The van der Waals surface area contributed by atoms with Crippen molar-refractivity contribution in [3.63, 3.8) is 0 Å². The lowest BCUT2D eigenvalue weighted by Crippen LogP contribution is -2.29. The molecule has 6 nitrogen and oxygen atoms in total. The lowest BCUT2D eigenvalue weighted by molar-refractivity contribution is 0.184. The number of aromatic nitrogens is 3. The van der Waals surface area contributed by atoms with Crippen LogP contribution in [-0.2, 0) is 13.2 Å². The number of hydrogen-bond donors (Lipinski definition) is 1. The predicted molar refractivity (Wildman–Crippen MR) is 109 cm³/mol. The van der Waals surface area contributed by atoms with E-state index in [4.69, 9.17) is 21.7 Å². The number of ether oxygens (including phenoxy) is 2. The van der Waals surface area contributed by atoms with E-state index in [1.807, 2.05) is 40.4 Å². The predicted octanol–water partition coefficient (Wildman–Crippen LogP) is 4.31. The van der Waals surface area contributed by atoms with Crippen molar-refractivity contribution < 1.29 is 9.47 Å². The Morgan fingerprint density at radius 2 is 2.15 bits per heavy atom. The fourth-order valence-electron chi connectivity index (χ4n) is 3.12. The summed E-state index contributed by atoms with van der Waals surface area (Å²) in [6.07, 6.45) is 2.40. The van der Waals surface area contributed by atoms with Crippen LogP contribution >= 0.6 is 23.6 Å². The molecule has 27 heavy (non-hydrogen) atoms. The highest BCUT2D eigenvalue weighted by molar-refractivity contribution is 7.71. The van der Waals surface area contributed by atoms with Crippen molar-refractivity contribution in [1.82, 2.24) is 19.7 Å². The van der Waals surface area contributed by atoms with Crippen molar-refractivity contribution in [2.45, 2.75) is 32.1 Å². The number of benzene rings is 1. The molecule has 1 aliphatic rings. The number of aromatic amines is 1. The summed E-state index contributed by atoms with van der Waals surface area (Å²) in [6.45, 7) is 1.43. The molecule has 0 bridgehead atoms. The molecule has 2 heterocycles. The first-order valence-electron chi connectivity index (χ1n) is 8.83. The van der Waals surface area contributed by atoms with Crippen molar-refractivity contribution in [3.05, 3.63) is 46.0 Å². The zero-order valence-corrected chi connectivity index (χ0v) is 17.0. The quantitative estimate of drug-likeness (QED) is 0.569. The van der Waals surface area contributed by atoms with Gasteiger partial charge in [-0.15, -0.1) is 11.3 Å². The average molecular weight is 403 g/mol. The minimum Gasteiger partial charge on any atom is -0.497 e. The Balaban J connectivity index is 1.57. The summed E-state index contributed by atoms with van der Waals surface area (Å²) < 4.78 is 13.4. The van der Waals surface area contributed by atoms with E-state index in [0.717, 1.165) is 34.3 Å². The van der Waals surface area contributed by atoms with Crippen LogP contribution in [0.3, 0.4) is 0 Å². The molecular weight excluding hydrogens is 380 g/mol. The first-order valence-corrected chi connectivity index (χ1v) is 10.1. The van der Waals surface area contributed by atoms with Crippen molar-refractivity contribution in [1.29, 1.82) is 0 Å². The van der Waals surface area contributed by atoms with Gasteiger partial charge < -0.3 is 9.47 Å². The molecule has 8 heteroatoms. The first kappa shape index (κ1) is 18.2. The number of hydrogen-bond acceptors (Lipinski definition) is 6. The van der Waals surface area contributed by atoms with Crippen molar-refractivity contribution in [2.75, 3.05) is 14.2 Å². The molecule has 0 amide bonds. The Morgan fingerprint density at radius 3 is 2.81 bits per heavy atom. The molecule has 1 N–H and O–H groups in total. The van der Waals surface area contributed by atoms with Gasteiger partial charge in [0.25, 0.3) is 0 Å². The number of methoxy groups -OCH3 is 2. The molecule has 4 rings (SSSR count). The second-order valence-electron chi connectivity index (χ2n) is 6.56. The van der Waals surface area contributed by atoms with Crippen LogP contribution in [0.25, 0.3) is 10.7 Å². The van der Waals surface area contributed by atoms with Crippen molar-refractivity contribution in [3.8, 4) is 22.2 Å². The van der Waals surface area contributed by atoms with Crippen LogP contribution in [0.5, 0.6) is 11.5 Å². The van der Waals surface area contributed by atoms with E-state index in [2.05, 4.69) is 15.0 Å². The third kappa shape index (κ3) is 4.07. The molecule has 142 valence electrons. The van der Waals surface area contributed by atoms with Gasteiger partial charge in [-0.2, -0.15) is 4.98 Å². The van der Waals surface area contributed by atoms with Gasteiger partial charge in [0.1, 0.15) is 11.5 Å². The topological polar surface area (TPSA) is 55.3 Å². The molecule has 0 unspecified atom stereocenters.